The van der Waals surface area contributed by atoms with Crippen LogP contribution < -0.4 is 20.1 Å². The highest BCUT2D eigenvalue weighted by Crippen LogP contribution is 2.31. The number of rotatable bonds is 12. The van der Waals surface area contributed by atoms with Crippen LogP contribution in [0.3, 0.4) is 0 Å². The summed E-state index contributed by atoms with van der Waals surface area (Å²) < 4.78 is 13.4. The Morgan fingerprint density at radius 2 is 1.88 bits per heavy atom. The van der Waals surface area contributed by atoms with Crippen molar-refractivity contribution >= 4 is 17.5 Å². The molecule has 43 heavy (non-hydrogen) atoms. The number of likely N-dealkylation sites (N-methyl/N-ethyl adjacent to an activating group) is 1. The van der Waals surface area contributed by atoms with Crippen molar-refractivity contribution in [3.8, 4) is 23.1 Å². The number of carbonyl (C=O) groups excluding carboxylic acids is 1. The number of hydrogen-bond acceptors (Lipinski definition) is 9. The van der Waals surface area contributed by atoms with Crippen molar-refractivity contribution in [2.45, 2.75) is 13.3 Å². The maximum atomic E-state index is 12.8. The quantitative estimate of drug-likeness (QED) is 0.229. The van der Waals surface area contributed by atoms with E-state index in [2.05, 4.69) is 32.5 Å². The molecular formula is C32H39N7O4. The topological polar surface area (TPSA) is 117 Å². The minimum Gasteiger partial charge on any atom is -0.508 e. The molecule has 0 atom stereocenters. The van der Waals surface area contributed by atoms with Gasteiger partial charge in [0.05, 0.1) is 12.7 Å². The van der Waals surface area contributed by atoms with Crippen LogP contribution in [0.5, 0.6) is 17.2 Å². The number of phenolic OH excluding ortho intramolecular Hbond substituents is 1. The zero-order chi connectivity index (χ0) is 30.2. The van der Waals surface area contributed by atoms with Gasteiger partial charge in [0.15, 0.2) is 11.5 Å². The molecule has 0 spiro atoms. The number of carbonyl (C=O) groups is 1. The SMILES string of the molecule is COc1ccc(Nc2ncc(C)c(-n3ccc(C(=O)NCCc4ccccc4O)c3)n2)cc1OCCN1CCN(C)CC1. The largest absolute Gasteiger partial charge is 0.508 e. The molecule has 0 bridgehead atoms. The molecule has 1 amide bonds. The third-order valence-electron chi connectivity index (χ3n) is 7.50. The van der Waals surface area contributed by atoms with Crippen LogP contribution in [0.15, 0.2) is 67.1 Å². The second-order valence-corrected chi connectivity index (χ2v) is 10.6. The van der Waals surface area contributed by atoms with Crippen LogP contribution in [-0.2, 0) is 6.42 Å². The summed E-state index contributed by atoms with van der Waals surface area (Å²) in [6.07, 6.45) is 5.83. The number of hydrogen-bond donors (Lipinski definition) is 3. The van der Waals surface area contributed by atoms with Gasteiger partial charge < -0.3 is 34.7 Å². The number of aromatic nitrogens is 3. The lowest BCUT2D eigenvalue weighted by Gasteiger charge is -2.32. The Morgan fingerprint density at radius 3 is 2.67 bits per heavy atom. The van der Waals surface area contributed by atoms with Crippen molar-refractivity contribution in [1.82, 2.24) is 29.7 Å². The van der Waals surface area contributed by atoms with Crippen LogP contribution in [0.1, 0.15) is 21.5 Å². The highest BCUT2D eigenvalue weighted by molar-refractivity contribution is 5.94. The van der Waals surface area contributed by atoms with Crippen LogP contribution >= 0.6 is 0 Å². The first-order chi connectivity index (χ1) is 20.9. The fourth-order valence-electron chi connectivity index (χ4n) is 4.90. The fraction of sp³-hybridized carbons (Fsp3) is 0.344. The number of methoxy groups -OCH3 is 1. The van der Waals surface area contributed by atoms with Crippen molar-refractivity contribution in [2.24, 2.45) is 0 Å². The number of para-hydroxylation sites is 1. The van der Waals surface area contributed by atoms with Crippen LogP contribution in [0.2, 0.25) is 0 Å². The lowest BCUT2D eigenvalue weighted by molar-refractivity contribution is 0.0954. The van der Waals surface area contributed by atoms with Gasteiger partial charge in [0.2, 0.25) is 5.95 Å². The summed E-state index contributed by atoms with van der Waals surface area (Å²) in [7, 11) is 3.78. The van der Waals surface area contributed by atoms with E-state index < -0.39 is 0 Å². The van der Waals surface area contributed by atoms with Crippen LogP contribution in [-0.4, -0.2) is 95.4 Å². The summed E-state index contributed by atoms with van der Waals surface area (Å²) in [4.78, 5) is 26.7. The van der Waals surface area contributed by atoms with E-state index in [1.165, 1.54) is 0 Å². The minimum absolute atomic E-state index is 0.197. The predicted octanol–water partition coefficient (Wildman–Crippen LogP) is 3.63. The molecule has 0 aliphatic carbocycles. The molecule has 1 fully saturated rings. The summed E-state index contributed by atoms with van der Waals surface area (Å²) in [5.74, 6) is 2.41. The minimum atomic E-state index is -0.197. The van der Waals surface area contributed by atoms with Crippen LogP contribution in [0, 0.1) is 6.92 Å². The number of amides is 1. The third kappa shape index (κ3) is 7.82. The van der Waals surface area contributed by atoms with Gasteiger partial charge in [-0.25, -0.2) is 4.98 Å². The molecule has 1 aliphatic rings. The Kier molecular flexibility index (Phi) is 9.75. The van der Waals surface area contributed by atoms with Crippen LogP contribution in [0.4, 0.5) is 11.6 Å². The van der Waals surface area contributed by atoms with Gasteiger partial charge in [0.25, 0.3) is 5.91 Å². The van der Waals surface area contributed by atoms with E-state index in [0.29, 0.717) is 48.4 Å². The maximum Gasteiger partial charge on any atom is 0.252 e. The number of piperazine rings is 1. The van der Waals surface area contributed by atoms with E-state index in [0.717, 1.165) is 49.5 Å². The second-order valence-electron chi connectivity index (χ2n) is 10.6. The number of aryl methyl sites for hydroxylation is 1. The summed E-state index contributed by atoms with van der Waals surface area (Å²) in [5.41, 5.74) is 2.93. The average molecular weight is 586 g/mol. The standard InChI is InChI=1S/C32H39N7O4/c1-23-21-34-32(35-26-8-9-28(42-3)29(20-26)43-19-18-38-16-14-37(2)15-17-38)36-30(23)39-13-11-25(22-39)31(41)33-12-10-24-6-4-5-7-27(24)40/h4-9,11,13,20-22,40H,10,12,14-19H2,1-3H3,(H,33,41)(H,34,35,36). The molecule has 2 aromatic heterocycles. The maximum absolute atomic E-state index is 12.8. The van der Waals surface area contributed by atoms with Gasteiger partial charge in [0.1, 0.15) is 18.2 Å². The lowest BCUT2D eigenvalue weighted by atomic mass is 10.1. The first kappa shape index (κ1) is 29.9. The van der Waals surface area contributed by atoms with E-state index in [1.54, 1.807) is 48.5 Å². The molecule has 1 saturated heterocycles. The van der Waals surface area contributed by atoms with Crippen LogP contribution in [0.25, 0.3) is 5.82 Å². The van der Waals surface area contributed by atoms with Gasteiger partial charge in [-0.05, 0) is 50.2 Å². The van der Waals surface area contributed by atoms with E-state index in [-0.39, 0.29) is 11.7 Å². The number of ether oxygens (including phenoxy) is 2. The third-order valence-corrected chi connectivity index (χ3v) is 7.50. The molecular weight excluding hydrogens is 546 g/mol. The van der Waals surface area contributed by atoms with Crippen molar-refractivity contribution in [1.29, 1.82) is 0 Å². The lowest BCUT2D eigenvalue weighted by Crippen LogP contribution is -2.45. The number of nitrogens with one attached hydrogen (secondary N) is 2. The van der Waals surface area contributed by atoms with Crippen molar-refractivity contribution < 1.29 is 19.4 Å². The number of anilines is 2. The van der Waals surface area contributed by atoms with Gasteiger partial charge in [0, 0.05) is 75.2 Å². The summed E-state index contributed by atoms with van der Waals surface area (Å²) >= 11 is 0. The molecule has 1 aliphatic heterocycles. The molecule has 0 radical (unpaired) electrons. The molecule has 3 N–H and O–H groups in total. The summed E-state index contributed by atoms with van der Waals surface area (Å²) in [6, 6.07) is 14.5. The molecule has 11 nitrogen and oxygen atoms in total. The highest BCUT2D eigenvalue weighted by atomic mass is 16.5. The number of benzene rings is 2. The second kappa shape index (κ2) is 14.0. The number of aromatic hydroxyl groups is 1. The van der Waals surface area contributed by atoms with Crippen molar-refractivity contribution in [3.63, 3.8) is 0 Å². The summed E-state index contributed by atoms with van der Waals surface area (Å²) in [5, 5.41) is 16.1. The molecule has 4 aromatic rings. The van der Waals surface area contributed by atoms with Gasteiger partial charge in [-0.3, -0.25) is 9.69 Å². The van der Waals surface area contributed by atoms with E-state index >= 15 is 0 Å². The van der Waals surface area contributed by atoms with Gasteiger partial charge >= 0.3 is 0 Å². The van der Waals surface area contributed by atoms with Gasteiger partial charge in [-0.15, -0.1) is 0 Å². The first-order valence-electron chi connectivity index (χ1n) is 14.5. The zero-order valence-electron chi connectivity index (χ0n) is 24.9. The normalized spacial score (nSPS) is 13.9. The smallest absolute Gasteiger partial charge is 0.252 e. The number of nitrogens with zero attached hydrogens (tertiary/aromatic N) is 5. The van der Waals surface area contributed by atoms with E-state index in [9.17, 15) is 9.90 Å². The monoisotopic (exact) mass is 585 g/mol. The molecule has 3 heterocycles. The van der Waals surface area contributed by atoms with Crippen molar-refractivity contribution in [3.05, 3.63) is 83.8 Å². The molecule has 226 valence electrons. The zero-order valence-corrected chi connectivity index (χ0v) is 24.9. The molecule has 5 rings (SSSR count). The predicted molar refractivity (Wildman–Crippen MR) is 166 cm³/mol. The van der Waals surface area contributed by atoms with Crippen molar-refractivity contribution in [2.75, 3.05) is 65.3 Å². The van der Waals surface area contributed by atoms with Gasteiger partial charge in [-0.1, -0.05) is 18.2 Å². The Morgan fingerprint density at radius 1 is 1.07 bits per heavy atom. The molecule has 2 aromatic carbocycles. The molecule has 0 saturated carbocycles. The van der Waals surface area contributed by atoms with E-state index in [4.69, 9.17) is 14.5 Å². The Bertz CT molecular complexity index is 1530. The Hall–Kier alpha value is -4.61. The average Bonchev–Trinajstić information content (AvgIpc) is 3.51. The first-order valence-corrected chi connectivity index (χ1v) is 14.5. The molecule has 11 heteroatoms. The Labute approximate surface area is 252 Å². The fourth-order valence-corrected chi connectivity index (χ4v) is 4.90. The van der Waals surface area contributed by atoms with E-state index in [1.807, 2.05) is 37.3 Å². The highest BCUT2D eigenvalue weighted by Gasteiger charge is 2.15. The number of phenols is 1. The Balaban J connectivity index is 1.21. The summed E-state index contributed by atoms with van der Waals surface area (Å²) in [6.45, 7) is 7.97. The van der Waals surface area contributed by atoms with Gasteiger partial charge in [-0.2, -0.15) is 4.98 Å². The molecule has 0 unspecified atom stereocenters.